The van der Waals surface area contributed by atoms with Crippen molar-refractivity contribution in [2.45, 2.75) is 36.9 Å². The van der Waals surface area contributed by atoms with E-state index in [1.807, 2.05) is 0 Å². The summed E-state index contributed by atoms with van der Waals surface area (Å²) in [5.41, 5.74) is 3.42. The summed E-state index contributed by atoms with van der Waals surface area (Å²) in [5.74, 6) is 0.896. The van der Waals surface area contributed by atoms with Gasteiger partial charge in [0.05, 0.1) is 12.2 Å². The number of nitrogens with zero attached hydrogens (tertiary/aromatic N) is 1. The van der Waals surface area contributed by atoms with Crippen LogP contribution >= 0.6 is 0 Å². The van der Waals surface area contributed by atoms with Crippen LogP contribution < -0.4 is 10.2 Å². The normalized spacial score (nSPS) is 41.8. The number of piperidine rings is 1. The van der Waals surface area contributed by atoms with E-state index in [1.165, 1.54) is 38.0 Å². The maximum atomic E-state index is 5.93. The van der Waals surface area contributed by atoms with Gasteiger partial charge < -0.3 is 15.0 Å². The Labute approximate surface area is 120 Å². The first-order chi connectivity index (χ1) is 9.83. The molecule has 1 aromatic rings. The molecule has 4 aliphatic rings. The Hall–Kier alpha value is -1.06. The summed E-state index contributed by atoms with van der Waals surface area (Å²) in [6.07, 6.45) is 4.82. The standard InChI is InChI=1S/C17H22N2O/c1-3-14(19-9-15-5-6-16(10-19)20-15)4-2-12(1)17-7-13(17)8-18-11-17/h1-4,13,15-16,18H,5-11H2. The van der Waals surface area contributed by atoms with Gasteiger partial charge in [-0.25, -0.2) is 0 Å². The molecular formula is C17H22N2O. The lowest BCUT2D eigenvalue weighted by Crippen LogP contribution is -2.42. The van der Waals surface area contributed by atoms with Crippen LogP contribution in [0.4, 0.5) is 5.69 Å². The molecule has 5 rings (SSSR count). The van der Waals surface area contributed by atoms with E-state index in [0.717, 1.165) is 19.0 Å². The third-order valence-corrected chi connectivity index (χ3v) is 5.91. The zero-order valence-corrected chi connectivity index (χ0v) is 11.8. The predicted octanol–water partition coefficient (Wildman–Crippen LogP) is 1.92. The second-order valence-electron chi connectivity index (χ2n) is 7.10. The molecule has 1 aromatic carbocycles. The van der Waals surface area contributed by atoms with Gasteiger partial charge in [-0.1, -0.05) is 12.1 Å². The predicted molar refractivity (Wildman–Crippen MR) is 79.2 cm³/mol. The van der Waals surface area contributed by atoms with Crippen molar-refractivity contribution < 1.29 is 4.74 Å². The molecule has 0 amide bonds. The fourth-order valence-corrected chi connectivity index (χ4v) is 4.62. The van der Waals surface area contributed by atoms with Crippen molar-refractivity contribution in [1.29, 1.82) is 0 Å². The monoisotopic (exact) mass is 270 g/mol. The molecule has 1 aliphatic carbocycles. The van der Waals surface area contributed by atoms with Gasteiger partial charge in [0.15, 0.2) is 0 Å². The molecule has 4 atom stereocenters. The minimum atomic E-state index is 0.471. The van der Waals surface area contributed by atoms with Crippen LogP contribution in [0, 0.1) is 5.92 Å². The Morgan fingerprint density at radius 3 is 2.45 bits per heavy atom. The lowest BCUT2D eigenvalue weighted by molar-refractivity contribution is 0.0305. The van der Waals surface area contributed by atoms with E-state index in [2.05, 4.69) is 34.5 Å². The largest absolute Gasteiger partial charge is 0.371 e. The average molecular weight is 270 g/mol. The van der Waals surface area contributed by atoms with E-state index >= 15 is 0 Å². The van der Waals surface area contributed by atoms with Gasteiger partial charge in [0.1, 0.15) is 0 Å². The molecule has 0 spiro atoms. The number of morpholine rings is 1. The van der Waals surface area contributed by atoms with Crippen LogP contribution in [0.5, 0.6) is 0 Å². The van der Waals surface area contributed by atoms with E-state index in [4.69, 9.17) is 4.74 Å². The van der Waals surface area contributed by atoms with Gasteiger partial charge in [-0.3, -0.25) is 0 Å². The molecule has 3 aliphatic heterocycles. The van der Waals surface area contributed by atoms with Crippen LogP contribution in [-0.4, -0.2) is 38.4 Å². The molecule has 4 unspecified atom stereocenters. The molecule has 2 bridgehead atoms. The van der Waals surface area contributed by atoms with E-state index in [9.17, 15) is 0 Å². The number of ether oxygens (including phenoxy) is 1. The fraction of sp³-hybridized carbons (Fsp3) is 0.647. The minimum absolute atomic E-state index is 0.471. The van der Waals surface area contributed by atoms with Gasteiger partial charge in [0, 0.05) is 30.7 Å². The summed E-state index contributed by atoms with van der Waals surface area (Å²) >= 11 is 0. The van der Waals surface area contributed by atoms with Crippen molar-refractivity contribution in [3.8, 4) is 0 Å². The number of rotatable bonds is 2. The van der Waals surface area contributed by atoms with Gasteiger partial charge in [0.2, 0.25) is 0 Å². The molecule has 4 fully saturated rings. The Bertz CT molecular complexity index is 516. The van der Waals surface area contributed by atoms with Gasteiger partial charge >= 0.3 is 0 Å². The van der Waals surface area contributed by atoms with Crippen LogP contribution in [0.1, 0.15) is 24.8 Å². The highest BCUT2D eigenvalue weighted by atomic mass is 16.5. The van der Waals surface area contributed by atoms with Crippen LogP contribution in [0.15, 0.2) is 24.3 Å². The number of hydrogen-bond acceptors (Lipinski definition) is 3. The van der Waals surface area contributed by atoms with E-state index < -0.39 is 0 Å². The SMILES string of the molecule is c1cc(C23CNCC2C3)ccc1N1CC2CCC(C1)O2. The van der Waals surface area contributed by atoms with Crippen LogP contribution in [0.3, 0.4) is 0 Å². The zero-order chi connectivity index (χ0) is 13.2. The molecule has 1 saturated carbocycles. The summed E-state index contributed by atoms with van der Waals surface area (Å²) in [6.45, 7) is 4.55. The molecule has 20 heavy (non-hydrogen) atoms. The number of fused-ring (bicyclic) bond motifs is 3. The lowest BCUT2D eigenvalue weighted by atomic mass is 9.95. The molecule has 3 heterocycles. The highest BCUT2D eigenvalue weighted by Crippen LogP contribution is 2.56. The Morgan fingerprint density at radius 1 is 1.10 bits per heavy atom. The Morgan fingerprint density at radius 2 is 1.85 bits per heavy atom. The summed E-state index contributed by atoms with van der Waals surface area (Å²) < 4.78 is 5.93. The number of hydrogen-bond donors (Lipinski definition) is 1. The third kappa shape index (κ3) is 1.60. The molecule has 106 valence electrons. The van der Waals surface area contributed by atoms with Crippen LogP contribution in [0.2, 0.25) is 0 Å². The highest BCUT2D eigenvalue weighted by Gasteiger charge is 2.57. The minimum Gasteiger partial charge on any atom is -0.371 e. The van der Waals surface area contributed by atoms with Gasteiger partial charge in [-0.15, -0.1) is 0 Å². The summed E-state index contributed by atoms with van der Waals surface area (Å²) in [7, 11) is 0. The quantitative estimate of drug-likeness (QED) is 0.888. The van der Waals surface area contributed by atoms with Crippen molar-refractivity contribution in [2.24, 2.45) is 5.92 Å². The molecule has 3 heteroatoms. The van der Waals surface area contributed by atoms with E-state index in [0.29, 0.717) is 17.6 Å². The molecule has 0 radical (unpaired) electrons. The summed E-state index contributed by atoms with van der Waals surface area (Å²) in [6, 6.07) is 9.42. The van der Waals surface area contributed by atoms with Crippen LogP contribution in [0.25, 0.3) is 0 Å². The molecule has 3 nitrogen and oxygen atoms in total. The van der Waals surface area contributed by atoms with Crippen LogP contribution in [-0.2, 0) is 10.2 Å². The highest BCUT2D eigenvalue weighted by molar-refractivity contribution is 5.51. The molecule has 0 aromatic heterocycles. The first kappa shape index (κ1) is 11.6. The molecule has 3 saturated heterocycles. The van der Waals surface area contributed by atoms with Crippen molar-refractivity contribution >= 4 is 5.69 Å². The number of nitrogens with one attached hydrogen (secondary N) is 1. The van der Waals surface area contributed by atoms with Gasteiger partial charge in [0.25, 0.3) is 0 Å². The maximum Gasteiger partial charge on any atom is 0.0755 e. The topological polar surface area (TPSA) is 24.5 Å². The molecular weight excluding hydrogens is 248 g/mol. The second kappa shape index (κ2) is 3.99. The van der Waals surface area contributed by atoms with Crippen molar-refractivity contribution in [3.63, 3.8) is 0 Å². The van der Waals surface area contributed by atoms with E-state index in [-0.39, 0.29) is 0 Å². The Balaban J connectivity index is 1.38. The summed E-state index contributed by atoms with van der Waals surface area (Å²) in [4.78, 5) is 2.52. The van der Waals surface area contributed by atoms with Crippen molar-refractivity contribution in [1.82, 2.24) is 5.32 Å². The number of anilines is 1. The smallest absolute Gasteiger partial charge is 0.0755 e. The second-order valence-corrected chi connectivity index (χ2v) is 7.10. The third-order valence-electron chi connectivity index (χ3n) is 5.91. The summed E-state index contributed by atoms with van der Waals surface area (Å²) in [5, 5.41) is 3.53. The first-order valence-electron chi connectivity index (χ1n) is 8.05. The maximum absolute atomic E-state index is 5.93. The van der Waals surface area contributed by atoms with Gasteiger partial charge in [-0.2, -0.15) is 0 Å². The lowest BCUT2D eigenvalue weighted by Gasteiger charge is -2.34. The van der Waals surface area contributed by atoms with Gasteiger partial charge in [-0.05, 0) is 49.4 Å². The van der Waals surface area contributed by atoms with Crippen molar-refractivity contribution in [3.05, 3.63) is 29.8 Å². The average Bonchev–Trinajstić information content (AvgIpc) is 2.88. The van der Waals surface area contributed by atoms with E-state index in [1.54, 1.807) is 5.56 Å². The fourth-order valence-electron chi connectivity index (χ4n) is 4.62. The first-order valence-corrected chi connectivity index (χ1v) is 8.05. The Kier molecular flexibility index (Phi) is 2.31. The number of benzene rings is 1. The van der Waals surface area contributed by atoms with Crippen molar-refractivity contribution in [2.75, 3.05) is 31.1 Å². The zero-order valence-electron chi connectivity index (χ0n) is 11.8. The molecule has 1 N–H and O–H groups in total.